The second-order valence-electron chi connectivity index (χ2n) is 5.98. The highest BCUT2D eigenvalue weighted by Gasteiger charge is 2.29. The molecule has 1 aliphatic rings. The van der Waals surface area contributed by atoms with Gasteiger partial charge in [0.15, 0.2) is 0 Å². The van der Waals surface area contributed by atoms with Crippen LogP contribution >= 0.6 is 15.9 Å². The second-order valence-corrected chi connectivity index (χ2v) is 6.89. The van der Waals surface area contributed by atoms with Gasteiger partial charge in [-0.3, -0.25) is 4.79 Å². The molecule has 0 aromatic heterocycles. The van der Waals surface area contributed by atoms with Crippen molar-refractivity contribution in [1.82, 2.24) is 16.2 Å². The largest absolute Gasteiger partial charge is 0.494 e. The normalized spacial score (nSPS) is 19.6. The lowest BCUT2D eigenvalue weighted by atomic mass is 10.0. The van der Waals surface area contributed by atoms with Gasteiger partial charge in [0, 0.05) is 17.1 Å². The van der Waals surface area contributed by atoms with Crippen LogP contribution in [0.2, 0.25) is 0 Å². The van der Waals surface area contributed by atoms with Crippen LogP contribution in [0.4, 0.5) is 0 Å². The molecule has 6 heteroatoms. The van der Waals surface area contributed by atoms with E-state index in [1.807, 2.05) is 55.5 Å². The molecule has 0 aliphatic carbocycles. The van der Waals surface area contributed by atoms with E-state index in [4.69, 9.17) is 4.74 Å². The van der Waals surface area contributed by atoms with Gasteiger partial charge in [0.1, 0.15) is 11.8 Å². The van der Waals surface area contributed by atoms with Gasteiger partial charge in [0.2, 0.25) is 5.91 Å². The Kier molecular flexibility index (Phi) is 6.07. The van der Waals surface area contributed by atoms with Crippen LogP contribution in [0.5, 0.6) is 5.75 Å². The van der Waals surface area contributed by atoms with Crippen molar-refractivity contribution in [1.29, 1.82) is 0 Å². The molecule has 2 aromatic carbocycles. The van der Waals surface area contributed by atoms with E-state index in [2.05, 4.69) is 32.1 Å². The lowest BCUT2D eigenvalue weighted by molar-refractivity contribution is -0.123. The van der Waals surface area contributed by atoms with E-state index in [0.717, 1.165) is 21.3 Å². The van der Waals surface area contributed by atoms with Gasteiger partial charge in [-0.1, -0.05) is 40.2 Å². The van der Waals surface area contributed by atoms with Crippen molar-refractivity contribution >= 4 is 21.8 Å². The molecule has 1 saturated heterocycles. The molecule has 3 N–H and O–H groups in total. The van der Waals surface area contributed by atoms with Crippen molar-refractivity contribution in [3.8, 4) is 5.75 Å². The van der Waals surface area contributed by atoms with Crippen molar-refractivity contribution in [2.45, 2.75) is 32.0 Å². The number of amides is 1. The maximum atomic E-state index is 12.4. The molecular weight excluding hydrogens is 382 g/mol. The Labute approximate surface area is 156 Å². The highest BCUT2D eigenvalue weighted by Crippen LogP contribution is 2.24. The van der Waals surface area contributed by atoms with Gasteiger partial charge in [-0.25, -0.2) is 10.9 Å². The highest BCUT2D eigenvalue weighted by atomic mass is 79.9. The van der Waals surface area contributed by atoms with Gasteiger partial charge < -0.3 is 10.1 Å². The van der Waals surface area contributed by atoms with Crippen molar-refractivity contribution < 1.29 is 9.53 Å². The monoisotopic (exact) mass is 403 g/mol. The topological polar surface area (TPSA) is 62.4 Å². The zero-order chi connectivity index (χ0) is 17.6. The van der Waals surface area contributed by atoms with E-state index in [0.29, 0.717) is 19.6 Å². The van der Waals surface area contributed by atoms with Crippen molar-refractivity contribution in [3.05, 3.63) is 64.1 Å². The second kappa shape index (κ2) is 8.47. The maximum Gasteiger partial charge on any atom is 0.238 e. The summed E-state index contributed by atoms with van der Waals surface area (Å²) in [5.74, 6) is 0.866. The molecule has 1 amide bonds. The molecule has 1 heterocycles. The number of rotatable bonds is 6. The third kappa shape index (κ3) is 4.81. The minimum Gasteiger partial charge on any atom is -0.494 e. The van der Waals surface area contributed by atoms with Crippen LogP contribution in [0.3, 0.4) is 0 Å². The number of hydrogen-bond acceptors (Lipinski definition) is 4. The standard InChI is InChI=1S/C19H22BrN3O2/c1-2-25-16-9-5-14(6-10-16)17-11-18(23-22-17)19(24)21-12-13-3-7-15(20)8-4-13/h3-10,17-18,22-23H,2,11-12H2,1H3,(H,21,24). The fraction of sp³-hybridized carbons (Fsp3) is 0.316. The number of carbonyl (C=O) groups is 1. The summed E-state index contributed by atoms with van der Waals surface area (Å²) in [4.78, 5) is 12.4. The van der Waals surface area contributed by atoms with Crippen LogP contribution in [0.1, 0.15) is 30.5 Å². The molecule has 0 saturated carbocycles. The fourth-order valence-electron chi connectivity index (χ4n) is 2.82. The molecular formula is C19H22BrN3O2. The van der Waals surface area contributed by atoms with E-state index in [9.17, 15) is 4.79 Å². The van der Waals surface area contributed by atoms with Gasteiger partial charge in [-0.05, 0) is 48.7 Å². The van der Waals surface area contributed by atoms with Crippen LogP contribution in [-0.4, -0.2) is 18.6 Å². The summed E-state index contributed by atoms with van der Waals surface area (Å²) in [7, 11) is 0. The van der Waals surface area contributed by atoms with Gasteiger partial charge in [-0.2, -0.15) is 0 Å². The third-order valence-corrected chi connectivity index (χ3v) is 4.72. The minimum atomic E-state index is -0.244. The van der Waals surface area contributed by atoms with Gasteiger partial charge in [-0.15, -0.1) is 0 Å². The lowest BCUT2D eigenvalue weighted by Gasteiger charge is -2.11. The zero-order valence-electron chi connectivity index (χ0n) is 14.1. The Bertz CT molecular complexity index is 704. The van der Waals surface area contributed by atoms with Gasteiger partial charge in [0.25, 0.3) is 0 Å². The fourth-order valence-corrected chi connectivity index (χ4v) is 3.09. The summed E-state index contributed by atoms with van der Waals surface area (Å²) in [6, 6.07) is 15.8. The summed E-state index contributed by atoms with van der Waals surface area (Å²) in [5, 5.41) is 2.98. The number of nitrogens with one attached hydrogen (secondary N) is 3. The smallest absolute Gasteiger partial charge is 0.238 e. The molecule has 25 heavy (non-hydrogen) atoms. The average molecular weight is 404 g/mol. The summed E-state index contributed by atoms with van der Waals surface area (Å²) in [6.07, 6.45) is 0.708. The number of carbonyl (C=O) groups excluding carboxylic acids is 1. The van der Waals surface area contributed by atoms with E-state index in [1.54, 1.807) is 0 Å². The van der Waals surface area contributed by atoms with Crippen LogP contribution < -0.4 is 20.9 Å². The molecule has 1 aliphatic heterocycles. The molecule has 2 unspecified atom stereocenters. The molecule has 0 radical (unpaired) electrons. The van der Waals surface area contributed by atoms with Crippen LogP contribution in [-0.2, 0) is 11.3 Å². The number of ether oxygens (including phenoxy) is 1. The molecule has 0 spiro atoms. The zero-order valence-corrected chi connectivity index (χ0v) is 15.7. The minimum absolute atomic E-state index is 0.00357. The number of hydrogen-bond donors (Lipinski definition) is 3. The highest BCUT2D eigenvalue weighted by molar-refractivity contribution is 9.10. The molecule has 2 aromatic rings. The summed E-state index contributed by atoms with van der Waals surface area (Å²) < 4.78 is 6.49. The molecule has 132 valence electrons. The van der Waals surface area contributed by atoms with Crippen molar-refractivity contribution in [3.63, 3.8) is 0 Å². The number of hydrazine groups is 1. The number of halogens is 1. The maximum absolute atomic E-state index is 12.4. The Morgan fingerprint density at radius 2 is 1.88 bits per heavy atom. The first-order valence-electron chi connectivity index (χ1n) is 8.41. The molecule has 1 fully saturated rings. The summed E-state index contributed by atoms with van der Waals surface area (Å²) >= 11 is 3.41. The predicted molar refractivity (Wildman–Crippen MR) is 101 cm³/mol. The molecule has 0 bridgehead atoms. The number of benzene rings is 2. The Morgan fingerprint density at radius 1 is 1.16 bits per heavy atom. The van der Waals surface area contributed by atoms with Crippen LogP contribution in [0.25, 0.3) is 0 Å². The van der Waals surface area contributed by atoms with Gasteiger partial charge in [0.05, 0.1) is 6.61 Å². The Balaban J connectivity index is 1.51. The molecule has 3 rings (SSSR count). The molecule has 2 atom stereocenters. The first-order chi connectivity index (χ1) is 12.2. The van der Waals surface area contributed by atoms with E-state index < -0.39 is 0 Å². The first-order valence-corrected chi connectivity index (χ1v) is 9.21. The summed E-state index contributed by atoms with van der Waals surface area (Å²) in [6.45, 7) is 3.15. The predicted octanol–water partition coefficient (Wildman–Crippen LogP) is 3.07. The Morgan fingerprint density at radius 3 is 2.56 bits per heavy atom. The van der Waals surface area contributed by atoms with E-state index in [1.165, 1.54) is 0 Å². The Hall–Kier alpha value is -1.89. The molecule has 5 nitrogen and oxygen atoms in total. The average Bonchev–Trinajstić information content (AvgIpc) is 3.12. The van der Waals surface area contributed by atoms with Crippen LogP contribution in [0, 0.1) is 0 Å². The van der Waals surface area contributed by atoms with E-state index >= 15 is 0 Å². The third-order valence-electron chi connectivity index (χ3n) is 4.19. The first kappa shape index (κ1) is 17.9. The van der Waals surface area contributed by atoms with Crippen LogP contribution in [0.15, 0.2) is 53.0 Å². The van der Waals surface area contributed by atoms with Crippen molar-refractivity contribution in [2.24, 2.45) is 0 Å². The van der Waals surface area contributed by atoms with E-state index in [-0.39, 0.29) is 18.0 Å². The quantitative estimate of drug-likeness (QED) is 0.693. The van der Waals surface area contributed by atoms with Crippen molar-refractivity contribution in [2.75, 3.05) is 6.61 Å². The lowest BCUT2D eigenvalue weighted by Crippen LogP contribution is -2.42. The SMILES string of the molecule is CCOc1ccc(C2CC(C(=O)NCc3ccc(Br)cc3)NN2)cc1. The van der Waals surface area contributed by atoms with Gasteiger partial charge >= 0.3 is 0 Å². The summed E-state index contributed by atoms with van der Waals surface area (Å²) in [5.41, 5.74) is 8.51.